The van der Waals surface area contributed by atoms with Gasteiger partial charge in [-0.2, -0.15) is 0 Å². The smallest absolute Gasteiger partial charge is 0.339 e. The quantitative estimate of drug-likeness (QED) is 0.868. The van der Waals surface area contributed by atoms with Crippen LogP contribution in [0.4, 0.5) is 0 Å². The average molecular weight is 308 g/mol. The fourth-order valence-electron chi connectivity index (χ4n) is 2.64. The highest BCUT2D eigenvalue weighted by molar-refractivity contribution is 7.91. The number of aliphatic hydroxyl groups is 1. The number of rotatable bonds is 2. The molecule has 1 aromatic heterocycles. The van der Waals surface area contributed by atoms with Gasteiger partial charge in [-0.3, -0.25) is 0 Å². The van der Waals surface area contributed by atoms with E-state index in [0.717, 1.165) is 0 Å². The van der Waals surface area contributed by atoms with Gasteiger partial charge >= 0.3 is 5.97 Å². The fraction of sp³-hybridized carbons (Fsp3) is 0.214. The second-order valence-electron chi connectivity index (χ2n) is 4.89. The lowest BCUT2D eigenvalue weighted by Gasteiger charge is -2.32. The molecule has 21 heavy (non-hydrogen) atoms. The van der Waals surface area contributed by atoms with Crippen LogP contribution in [0.3, 0.4) is 0 Å². The molecular weight excluding hydrogens is 296 g/mol. The molecule has 0 bridgehead atoms. The van der Waals surface area contributed by atoms with Crippen molar-refractivity contribution < 1.29 is 27.8 Å². The zero-order valence-electron chi connectivity index (χ0n) is 10.8. The number of benzene rings is 1. The van der Waals surface area contributed by atoms with Crippen molar-refractivity contribution in [2.45, 2.75) is 16.9 Å². The van der Waals surface area contributed by atoms with Gasteiger partial charge in [0.15, 0.2) is 21.2 Å². The minimum absolute atomic E-state index is 0.00601. The topological polar surface area (TPSA) is 105 Å². The molecule has 0 fully saturated rings. The molecule has 0 saturated heterocycles. The van der Waals surface area contributed by atoms with Crippen LogP contribution in [0.2, 0.25) is 0 Å². The third kappa shape index (κ3) is 1.97. The number of hydrogen-bond donors (Lipinski definition) is 2. The summed E-state index contributed by atoms with van der Waals surface area (Å²) in [7, 11) is -3.49. The number of carboxylic acid groups (broad SMARTS) is 1. The first-order valence-electron chi connectivity index (χ1n) is 6.22. The summed E-state index contributed by atoms with van der Waals surface area (Å²) in [5.41, 5.74) is -1.79. The van der Waals surface area contributed by atoms with Gasteiger partial charge in [-0.05, 0) is 12.1 Å². The molecule has 1 aromatic carbocycles. The van der Waals surface area contributed by atoms with Crippen molar-refractivity contribution in [3.8, 4) is 0 Å². The van der Waals surface area contributed by atoms with E-state index in [0.29, 0.717) is 0 Å². The van der Waals surface area contributed by atoms with E-state index in [1.165, 1.54) is 24.5 Å². The maximum atomic E-state index is 12.1. The Morgan fingerprint density at radius 2 is 1.95 bits per heavy atom. The summed E-state index contributed by atoms with van der Waals surface area (Å²) in [6, 6.07) is 7.26. The average Bonchev–Trinajstić information content (AvgIpc) is 2.94. The van der Waals surface area contributed by atoms with Gasteiger partial charge in [0.25, 0.3) is 0 Å². The van der Waals surface area contributed by atoms with E-state index >= 15 is 0 Å². The Hall–Kier alpha value is -2.12. The summed E-state index contributed by atoms with van der Waals surface area (Å²) in [5.74, 6) is -1.66. The number of sulfone groups is 1. The summed E-state index contributed by atoms with van der Waals surface area (Å²) in [5, 5.41) is 20.1. The second-order valence-corrected chi connectivity index (χ2v) is 6.97. The molecule has 1 atom stereocenters. The molecule has 1 aliphatic heterocycles. The number of aromatic carboxylic acids is 1. The maximum absolute atomic E-state index is 12.1. The number of fused-ring (bicyclic) bond motifs is 1. The molecule has 6 nitrogen and oxygen atoms in total. The molecule has 2 aromatic rings. The van der Waals surface area contributed by atoms with Crippen LogP contribution in [0.1, 0.15) is 28.1 Å². The van der Waals surface area contributed by atoms with Gasteiger partial charge in [-0.1, -0.05) is 18.2 Å². The molecule has 0 amide bonds. The van der Waals surface area contributed by atoms with Gasteiger partial charge in [0.05, 0.1) is 16.9 Å². The zero-order valence-corrected chi connectivity index (χ0v) is 11.6. The van der Waals surface area contributed by atoms with Crippen molar-refractivity contribution >= 4 is 15.8 Å². The molecule has 1 aliphatic rings. The molecule has 0 radical (unpaired) electrons. The molecule has 7 heteroatoms. The third-order valence-electron chi connectivity index (χ3n) is 3.67. The molecular formula is C14H12O6S. The van der Waals surface area contributed by atoms with Crippen LogP contribution < -0.4 is 0 Å². The van der Waals surface area contributed by atoms with Crippen molar-refractivity contribution in [2.75, 3.05) is 5.75 Å². The van der Waals surface area contributed by atoms with Gasteiger partial charge in [0, 0.05) is 12.0 Å². The molecule has 0 aliphatic carbocycles. The fourth-order valence-corrected chi connectivity index (χ4v) is 4.28. The van der Waals surface area contributed by atoms with Crippen LogP contribution in [0.25, 0.3) is 0 Å². The Morgan fingerprint density at radius 1 is 1.24 bits per heavy atom. The van der Waals surface area contributed by atoms with Crippen LogP contribution in [-0.4, -0.2) is 30.4 Å². The first-order valence-corrected chi connectivity index (χ1v) is 7.87. The summed E-state index contributed by atoms with van der Waals surface area (Å²) in [4.78, 5) is 11.2. The lowest BCUT2D eigenvalue weighted by molar-refractivity contribution is 0.0437. The Morgan fingerprint density at radius 3 is 2.67 bits per heavy atom. The summed E-state index contributed by atoms with van der Waals surface area (Å²) >= 11 is 0. The minimum atomic E-state index is -3.49. The monoisotopic (exact) mass is 308 g/mol. The van der Waals surface area contributed by atoms with E-state index < -0.39 is 21.4 Å². The number of carboxylic acids is 1. The molecule has 110 valence electrons. The highest BCUT2D eigenvalue weighted by atomic mass is 32.2. The normalized spacial score (nSPS) is 23.5. The van der Waals surface area contributed by atoms with Crippen molar-refractivity contribution in [1.82, 2.24) is 0 Å². The van der Waals surface area contributed by atoms with Crippen LogP contribution in [-0.2, 0) is 15.4 Å². The summed E-state index contributed by atoms with van der Waals surface area (Å²) in [6.07, 6.45) is 1.02. The first kappa shape index (κ1) is 13.8. The Bertz CT molecular complexity index is 819. The Balaban J connectivity index is 2.28. The molecule has 0 spiro atoms. The second kappa shape index (κ2) is 4.44. The van der Waals surface area contributed by atoms with E-state index in [1.807, 2.05) is 0 Å². The lowest BCUT2D eigenvalue weighted by atomic mass is 9.86. The SMILES string of the molecule is O=C(O)c1ccoc1C1(O)CCS(=O)(=O)c2ccccc21. The van der Waals surface area contributed by atoms with Crippen LogP contribution in [0.15, 0.2) is 45.9 Å². The van der Waals surface area contributed by atoms with Crippen LogP contribution >= 0.6 is 0 Å². The largest absolute Gasteiger partial charge is 0.478 e. The van der Waals surface area contributed by atoms with Gasteiger partial charge in [-0.15, -0.1) is 0 Å². The predicted octanol–water partition coefficient (Wildman–Crippen LogP) is 1.39. The Kier molecular flexibility index (Phi) is 2.93. The maximum Gasteiger partial charge on any atom is 0.339 e. The highest BCUT2D eigenvalue weighted by Crippen LogP contribution is 2.42. The van der Waals surface area contributed by atoms with Crippen molar-refractivity contribution in [3.05, 3.63) is 53.5 Å². The molecule has 2 N–H and O–H groups in total. The van der Waals surface area contributed by atoms with E-state index in [-0.39, 0.29) is 34.0 Å². The van der Waals surface area contributed by atoms with Crippen molar-refractivity contribution in [3.63, 3.8) is 0 Å². The molecule has 3 rings (SSSR count). The third-order valence-corrected chi connectivity index (χ3v) is 5.44. The molecule has 1 unspecified atom stereocenters. The van der Waals surface area contributed by atoms with Crippen LogP contribution in [0, 0.1) is 0 Å². The van der Waals surface area contributed by atoms with Crippen LogP contribution in [0.5, 0.6) is 0 Å². The number of hydrogen-bond acceptors (Lipinski definition) is 5. The van der Waals surface area contributed by atoms with E-state index in [9.17, 15) is 18.3 Å². The highest BCUT2D eigenvalue weighted by Gasteiger charge is 2.45. The van der Waals surface area contributed by atoms with E-state index in [2.05, 4.69) is 0 Å². The first-order chi connectivity index (χ1) is 9.86. The molecule has 0 saturated carbocycles. The Labute approximate surface area is 120 Å². The van der Waals surface area contributed by atoms with Gasteiger partial charge in [0.2, 0.25) is 0 Å². The summed E-state index contributed by atoms with van der Waals surface area (Å²) in [6.45, 7) is 0. The number of carbonyl (C=O) groups is 1. The lowest BCUT2D eigenvalue weighted by Crippen LogP contribution is -2.37. The summed E-state index contributed by atoms with van der Waals surface area (Å²) < 4.78 is 29.4. The zero-order chi connectivity index (χ0) is 15.3. The van der Waals surface area contributed by atoms with E-state index in [4.69, 9.17) is 9.52 Å². The van der Waals surface area contributed by atoms with Crippen molar-refractivity contribution in [2.24, 2.45) is 0 Å². The van der Waals surface area contributed by atoms with E-state index in [1.54, 1.807) is 12.1 Å². The molecule has 2 heterocycles. The number of furan rings is 1. The van der Waals surface area contributed by atoms with Crippen molar-refractivity contribution in [1.29, 1.82) is 0 Å². The van der Waals surface area contributed by atoms with Gasteiger partial charge in [0.1, 0.15) is 5.56 Å². The van der Waals surface area contributed by atoms with Gasteiger partial charge < -0.3 is 14.6 Å². The predicted molar refractivity (Wildman–Crippen MR) is 71.8 cm³/mol. The van der Waals surface area contributed by atoms with Gasteiger partial charge in [-0.25, -0.2) is 13.2 Å². The standard InChI is InChI=1S/C14H12O6S/c15-13(16)9-5-7-20-12(9)14(17)6-8-21(18,19)11-4-2-1-3-10(11)14/h1-5,7,17H,6,8H2,(H,15,16). The minimum Gasteiger partial charge on any atom is -0.478 e.